The Balaban J connectivity index is 2.29. The van der Waals surface area contributed by atoms with Gasteiger partial charge in [-0.3, -0.25) is 4.79 Å². The largest absolute Gasteiger partial charge is 0.433 e. The lowest BCUT2D eigenvalue weighted by atomic mass is 10.2. The van der Waals surface area contributed by atoms with Gasteiger partial charge in [0.2, 0.25) is 0 Å². The summed E-state index contributed by atoms with van der Waals surface area (Å²) >= 11 is 0. The Morgan fingerprint density at radius 1 is 1.35 bits per heavy atom. The molecule has 0 aliphatic rings. The first-order valence-electron chi connectivity index (χ1n) is 5.39. The van der Waals surface area contributed by atoms with Crippen molar-refractivity contribution in [2.75, 3.05) is 5.32 Å². The normalized spacial score (nSPS) is 11.3. The minimum absolute atomic E-state index is 0.0224. The van der Waals surface area contributed by atoms with Gasteiger partial charge in [0.15, 0.2) is 5.76 Å². The number of rotatable bonds is 4. The third-order valence-corrected chi connectivity index (χ3v) is 2.37. The Kier molecular flexibility index (Phi) is 3.59. The number of pyridine rings is 1. The van der Waals surface area contributed by atoms with Crippen LogP contribution in [0.15, 0.2) is 28.9 Å². The van der Waals surface area contributed by atoms with Crippen LogP contribution >= 0.6 is 0 Å². The van der Waals surface area contributed by atoms with Crippen LogP contribution in [0.3, 0.4) is 0 Å². The summed E-state index contributed by atoms with van der Waals surface area (Å²) in [4.78, 5) is 14.5. The number of amides is 1. The number of hydrogen-bond acceptors (Lipinski definition) is 5. The van der Waals surface area contributed by atoms with E-state index in [1.54, 1.807) is 0 Å². The quantitative estimate of drug-likeness (QED) is 0.893. The van der Waals surface area contributed by atoms with Gasteiger partial charge in [-0.25, -0.2) is 4.98 Å². The lowest BCUT2D eigenvalue weighted by molar-refractivity contribution is -0.141. The Morgan fingerprint density at radius 3 is 2.65 bits per heavy atom. The SMILES string of the molecule is NC(=O)c1ccc(C(F)(F)F)nc1NCc1ccno1. The number of aromatic nitrogens is 2. The number of primary amides is 1. The van der Waals surface area contributed by atoms with E-state index in [4.69, 9.17) is 10.3 Å². The van der Waals surface area contributed by atoms with Crippen molar-refractivity contribution < 1.29 is 22.5 Å². The predicted octanol–water partition coefficient (Wildman–Crippen LogP) is 1.80. The molecule has 0 fully saturated rings. The fourth-order valence-electron chi connectivity index (χ4n) is 1.45. The number of nitrogens with one attached hydrogen (secondary N) is 1. The van der Waals surface area contributed by atoms with Crippen LogP contribution in [0.2, 0.25) is 0 Å². The first-order chi connectivity index (χ1) is 9.38. The number of hydrogen-bond donors (Lipinski definition) is 2. The van der Waals surface area contributed by atoms with Crippen molar-refractivity contribution in [1.82, 2.24) is 10.1 Å². The molecule has 2 heterocycles. The van der Waals surface area contributed by atoms with Crippen LogP contribution in [-0.4, -0.2) is 16.0 Å². The van der Waals surface area contributed by atoms with Crippen molar-refractivity contribution in [2.24, 2.45) is 5.73 Å². The molecule has 9 heteroatoms. The number of halogens is 3. The maximum absolute atomic E-state index is 12.6. The molecule has 20 heavy (non-hydrogen) atoms. The average Bonchev–Trinajstić information content (AvgIpc) is 2.87. The molecule has 2 rings (SSSR count). The highest BCUT2D eigenvalue weighted by atomic mass is 19.4. The maximum Gasteiger partial charge on any atom is 0.433 e. The maximum atomic E-state index is 12.6. The lowest BCUT2D eigenvalue weighted by Gasteiger charge is -2.11. The first-order valence-corrected chi connectivity index (χ1v) is 5.39. The molecule has 0 saturated carbocycles. The fraction of sp³-hybridized carbons (Fsp3) is 0.182. The third kappa shape index (κ3) is 3.05. The summed E-state index contributed by atoms with van der Waals surface area (Å²) in [6, 6.07) is 3.19. The Hall–Kier alpha value is -2.58. The number of anilines is 1. The monoisotopic (exact) mass is 286 g/mol. The van der Waals surface area contributed by atoms with Crippen LogP contribution in [0.1, 0.15) is 21.8 Å². The van der Waals surface area contributed by atoms with E-state index in [1.807, 2.05) is 0 Å². The van der Waals surface area contributed by atoms with Crippen molar-refractivity contribution >= 4 is 11.7 Å². The smallest absolute Gasteiger partial charge is 0.365 e. The topological polar surface area (TPSA) is 94.0 Å². The van der Waals surface area contributed by atoms with Gasteiger partial charge in [0.05, 0.1) is 18.3 Å². The van der Waals surface area contributed by atoms with Crippen LogP contribution in [0.4, 0.5) is 19.0 Å². The molecule has 0 aromatic carbocycles. The summed E-state index contributed by atoms with van der Waals surface area (Å²) in [6.07, 6.45) is -3.23. The summed E-state index contributed by atoms with van der Waals surface area (Å²) < 4.78 is 42.5. The summed E-state index contributed by atoms with van der Waals surface area (Å²) in [7, 11) is 0. The van der Waals surface area contributed by atoms with Gasteiger partial charge < -0.3 is 15.6 Å². The highest BCUT2D eigenvalue weighted by Gasteiger charge is 2.33. The van der Waals surface area contributed by atoms with Crippen LogP contribution in [0, 0.1) is 0 Å². The molecule has 2 aromatic heterocycles. The summed E-state index contributed by atoms with van der Waals surface area (Å²) in [5, 5.41) is 6.01. The molecule has 0 spiro atoms. The van der Waals surface area contributed by atoms with Crippen molar-refractivity contribution in [2.45, 2.75) is 12.7 Å². The first kappa shape index (κ1) is 13.8. The highest BCUT2D eigenvalue weighted by Crippen LogP contribution is 2.29. The molecular weight excluding hydrogens is 277 g/mol. The minimum Gasteiger partial charge on any atom is -0.365 e. The van der Waals surface area contributed by atoms with E-state index in [0.29, 0.717) is 11.8 Å². The van der Waals surface area contributed by atoms with E-state index in [9.17, 15) is 18.0 Å². The molecule has 0 atom stereocenters. The number of carbonyl (C=O) groups is 1. The van der Waals surface area contributed by atoms with Crippen molar-refractivity contribution in [3.05, 3.63) is 41.4 Å². The van der Waals surface area contributed by atoms with E-state index in [2.05, 4.69) is 15.5 Å². The van der Waals surface area contributed by atoms with Gasteiger partial charge in [0.25, 0.3) is 5.91 Å². The average molecular weight is 286 g/mol. The lowest BCUT2D eigenvalue weighted by Crippen LogP contribution is -2.18. The number of nitrogens with two attached hydrogens (primary N) is 1. The molecular formula is C11H9F3N4O2. The zero-order valence-corrected chi connectivity index (χ0v) is 9.94. The van der Waals surface area contributed by atoms with Gasteiger partial charge in [0.1, 0.15) is 11.5 Å². The van der Waals surface area contributed by atoms with Crippen LogP contribution in [-0.2, 0) is 12.7 Å². The van der Waals surface area contributed by atoms with E-state index in [1.165, 1.54) is 12.3 Å². The molecule has 0 aliphatic heterocycles. The molecule has 0 aliphatic carbocycles. The second kappa shape index (κ2) is 5.19. The molecule has 106 valence electrons. The van der Waals surface area contributed by atoms with E-state index in [-0.39, 0.29) is 17.9 Å². The third-order valence-electron chi connectivity index (χ3n) is 2.37. The molecule has 3 N–H and O–H groups in total. The number of alkyl halides is 3. The van der Waals surface area contributed by atoms with E-state index < -0.39 is 17.8 Å². The van der Waals surface area contributed by atoms with Gasteiger partial charge in [-0.15, -0.1) is 0 Å². The van der Waals surface area contributed by atoms with Crippen molar-refractivity contribution in [3.63, 3.8) is 0 Å². The zero-order chi connectivity index (χ0) is 14.8. The molecule has 0 radical (unpaired) electrons. The second-order valence-corrected chi connectivity index (χ2v) is 3.79. The van der Waals surface area contributed by atoms with Crippen LogP contribution in [0.5, 0.6) is 0 Å². The van der Waals surface area contributed by atoms with Gasteiger partial charge in [-0.2, -0.15) is 13.2 Å². The summed E-state index contributed by atoms with van der Waals surface area (Å²) in [6.45, 7) is 0.0224. The Bertz CT molecular complexity index is 611. The molecule has 2 aromatic rings. The predicted molar refractivity (Wildman–Crippen MR) is 61.6 cm³/mol. The number of carbonyl (C=O) groups excluding carboxylic acids is 1. The van der Waals surface area contributed by atoms with Crippen LogP contribution < -0.4 is 11.1 Å². The fourth-order valence-corrected chi connectivity index (χ4v) is 1.45. The summed E-state index contributed by atoms with van der Waals surface area (Å²) in [5.74, 6) is -0.769. The minimum atomic E-state index is -4.61. The van der Waals surface area contributed by atoms with E-state index >= 15 is 0 Å². The molecule has 0 saturated heterocycles. The molecule has 0 bridgehead atoms. The summed E-state index contributed by atoms with van der Waals surface area (Å²) in [5.41, 5.74) is 3.82. The zero-order valence-electron chi connectivity index (χ0n) is 9.94. The molecule has 0 unspecified atom stereocenters. The van der Waals surface area contributed by atoms with Gasteiger partial charge in [0, 0.05) is 6.07 Å². The number of nitrogens with zero attached hydrogens (tertiary/aromatic N) is 2. The van der Waals surface area contributed by atoms with Crippen molar-refractivity contribution in [3.8, 4) is 0 Å². The highest BCUT2D eigenvalue weighted by molar-refractivity contribution is 5.97. The van der Waals surface area contributed by atoms with Crippen LogP contribution in [0.25, 0.3) is 0 Å². The second-order valence-electron chi connectivity index (χ2n) is 3.79. The standard InChI is InChI=1S/C11H9F3N4O2/c12-11(13,14)8-2-1-7(9(15)19)10(18-8)16-5-6-3-4-17-20-6/h1-4H,5H2,(H2,15,19)(H,16,18). The van der Waals surface area contributed by atoms with Crippen molar-refractivity contribution in [1.29, 1.82) is 0 Å². The molecule has 1 amide bonds. The van der Waals surface area contributed by atoms with Gasteiger partial charge in [-0.05, 0) is 12.1 Å². The Labute approximate surface area is 110 Å². The molecule has 6 nitrogen and oxygen atoms in total. The van der Waals surface area contributed by atoms with Gasteiger partial charge >= 0.3 is 6.18 Å². The van der Waals surface area contributed by atoms with Gasteiger partial charge in [-0.1, -0.05) is 5.16 Å². The Morgan fingerprint density at radius 2 is 2.10 bits per heavy atom. The van der Waals surface area contributed by atoms with E-state index in [0.717, 1.165) is 6.07 Å².